The molecule has 1 aromatic heterocycles. The quantitative estimate of drug-likeness (QED) is 0.412. The number of hydrogen-bond donors (Lipinski definition) is 2. The highest BCUT2D eigenvalue weighted by Crippen LogP contribution is 2.30. The van der Waals surface area contributed by atoms with Gasteiger partial charge in [-0.2, -0.15) is 0 Å². The minimum Gasteiger partial charge on any atom is -0.493 e. The van der Waals surface area contributed by atoms with Gasteiger partial charge in [0, 0.05) is 44.6 Å². The molecule has 1 aromatic carbocycles. The normalized spacial score (nSPS) is 14.3. The largest absolute Gasteiger partial charge is 0.493 e. The van der Waals surface area contributed by atoms with Gasteiger partial charge in [0.05, 0.1) is 12.9 Å². The second-order valence-electron chi connectivity index (χ2n) is 6.87. The van der Waals surface area contributed by atoms with Crippen molar-refractivity contribution >= 4 is 5.96 Å². The summed E-state index contributed by atoms with van der Waals surface area (Å²) in [4.78, 5) is 8.36. The fraction of sp³-hybridized carbons (Fsp3) is 0.500. The summed E-state index contributed by atoms with van der Waals surface area (Å²) in [6.45, 7) is 5.43. The number of nitrogens with one attached hydrogen (secondary N) is 2. The van der Waals surface area contributed by atoms with E-state index >= 15 is 0 Å². The lowest BCUT2D eigenvalue weighted by Crippen LogP contribution is -2.37. The Labute approximate surface area is 155 Å². The molecule has 1 aliphatic rings. The lowest BCUT2D eigenvalue weighted by atomic mass is 10.1. The van der Waals surface area contributed by atoms with Crippen LogP contribution in [0.3, 0.4) is 0 Å². The predicted octanol–water partition coefficient (Wildman–Crippen LogP) is 2.74. The zero-order chi connectivity index (χ0) is 18.2. The number of benzene rings is 1. The number of aryl methyl sites for hydroxylation is 2. The van der Waals surface area contributed by atoms with Crippen LogP contribution >= 0.6 is 0 Å². The topological polar surface area (TPSA) is 63.5 Å². The summed E-state index contributed by atoms with van der Waals surface area (Å²) < 4.78 is 8.12. The van der Waals surface area contributed by atoms with E-state index in [0.29, 0.717) is 6.54 Å². The number of nitrogens with zero attached hydrogens (tertiary/aromatic N) is 3. The molecule has 1 aliphatic carbocycles. The molecule has 0 saturated heterocycles. The standard InChI is InChI=1S/C20H29N5O/c1-16-4-7-18(19(12-16)26-14-17-5-6-17)13-24-20(21-2)23-8-3-10-25-11-9-22-15-25/h4,7,9,11-12,15,17H,3,5-6,8,10,13-14H2,1-2H3,(H2,21,23,24). The van der Waals surface area contributed by atoms with Gasteiger partial charge in [0.15, 0.2) is 5.96 Å². The van der Waals surface area contributed by atoms with Gasteiger partial charge in [0.1, 0.15) is 5.75 Å². The Balaban J connectivity index is 1.45. The third-order valence-electron chi connectivity index (χ3n) is 4.51. The van der Waals surface area contributed by atoms with Crippen molar-refractivity contribution in [3.63, 3.8) is 0 Å². The first-order valence-electron chi connectivity index (χ1n) is 9.37. The maximum Gasteiger partial charge on any atom is 0.191 e. The number of hydrogen-bond acceptors (Lipinski definition) is 3. The Morgan fingerprint density at radius 1 is 1.35 bits per heavy atom. The fourth-order valence-electron chi connectivity index (χ4n) is 2.72. The van der Waals surface area contributed by atoms with Crippen LogP contribution in [0.4, 0.5) is 0 Å². The summed E-state index contributed by atoms with van der Waals surface area (Å²) in [5, 5.41) is 6.74. The number of aliphatic imine (C=N–C) groups is 1. The van der Waals surface area contributed by atoms with Gasteiger partial charge in [-0.15, -0.1) is 0 Å². The van der Waals surface area contributed by atoms with Crippen molar-refractivity contribution in [1.29, 1.82) is 0 Å². The second kappa shape index (κ2) is 9.27. The molecule has 1 heterocycles. The average Bonchev–Trinajstić information content (AvgIpc) is 3.34. The van der Waals surface area contributed by atoms with Crippen molar-refractivity contribution in [2.24, 2.45) is 10.9 Å². The van der Waals surface area contributed by atoms with Crippen LogP contribution in [0.1, 0.15) is 30.4 Å². The van der Waals surface area contributed by atoms with Crippen molar-refractivity contribution in [3.05, 3.63) is 48.0 Å². The Kier molecular flexibility index (Phi) is 6.52. The molecule has 6 nitrogen and oxygen atoms in total. The minimum atomic E-state index is 0.696. The summed E-state index contributed by atoms with van der Waals surface area (Å²) in [6.07, 6.45) is 9.24. The van der Waals surface area contributed by atoms with Crippen LogP contribution < -0.4 is 15.4 Å². The van der Waals surface area contributed by atoms with Crippen LogP contribution in [-0.2, 0) is 13.1 Å². The van der Waals surface area contributed by atoms with E-state index in [4.69, 9.17) is 4.74 Å². The first-order valence-corrected chi connectivity index (χ1v) is 9.37. The molecule has 3 rings (SSSR count). The lowest BCUT2D eigenvalue weighted by Gasteiger charge is -2.15. The fourth-order valence-corrected chi connectivity index (χ4v) is 2.72. The number of guanidine groups is 1. The van der Waals surface area contributed by atoms with Crippen LogP contribution in [0.2, 0.25) is 0 Å². The molecule has 0 bridgehead atoms. The third-order valence-corrected chi connectivity index (χ3v) is 4.51. The monoisotopic (exact) mass is 355 g/mol. The van der Waals surface area contributed by atoms with E-state index in [2.05, 4.69) is 50.3 Å². The Morgan fingerprint density at radius 3 is 2.96 bits per heavy atom. The van der Waals surface area contributed by atoms with Gasteiger partial charge in [-0.3, -0.25) is 4.99 Å². The molecule has 0 spiro atoms. The van der Waals surface area contributed by atoms with E-state index in [0.717, 1.165) is 49.3 Å². The van der Waals surface area contributed by atoms with Gasteiger partial charge < -0.3 is 19.9 Å². The van der Waals surface area contributed by atoms with E-state index in [9.17, 15) is 0 Å². The van der Waals surface area contributed by atoms with Crippen molar-refractivity contribution < 1.29 is 4.74 Å². The van der Waals surface area contributed by atoms with Gasteiger partial charge in [-0.25, -0.2) is 4.98 Å². The molecular formula is C20H29N5O. The molecule has 0 atom stereocenters. The maximum absolute atomic E-state index is 6.04. The highest BCUT2D eigenvalue weighted by Gasteiger charge is 2.22. The summed E-state index contributed by atoms with van der Waals surface area (Å²) in [5.41, 5.74) is 2.39. The third kappa shape index (κ3) is 5.79. The molecule has 2 aromatic rings. The van der Waals surface area contributed by atoms with Gasteiger partial charge in [-0.05, 0) is 43.7 Å². The molecule has 0 amide bonds. The SMILES string of the molecule is CN=C(NCCCn1ccnc1)NCc1ccc(C)cc1OCC1CC1. The van der Waals surface area contributed by atoms with Gasteiger partial charge >= 0.3 is 0 Å². The van der Waals surface area contributed by atoms with Gasteiger partial charge in [0.25, 0.3) is 0 Å². The first kappa shape index (κ1) is 18.3. The zero-order valence-electron chi connectivity index (χ0n) is 15.7. The minimum absolute atomic E-state index is 0.696. The molecule has 1 saturated carbocycles. The van der Waals surface area contributed by atoms with Gasteiger partial charge in [-0.1, -0.05) is 12.1 Å². The van der Waals surface area contributed by atoms with Crippen molar-refractivity contribution in [2.45, 2.75) is 39.3 Å². The summed E-state index contributed by atoms with van der Waals surface area (Å²) in [6, 6.07) is 6.39. The summed E-state index contributed by atoms with van der Waals surface area (Å²) in [7, 11) is 1.80. The van der Waals surface area contributed by atoms with Crippen molar-refractivity contribution in [2.75, 3.05) is 20.2 Å². The molecular weight excluding hydrogens is 326 g/mol. The average molecular weight is 355 g/mol. The van der Waals surface area contributed by atoms with Crippen molar-refractivity contribution in [3.8, 4) is 5.75 Å². The predicted molar refractivity (Wildman–Crippen MR) is 104 cm³/mol. The van der Waals surface area contributed by atoms with E-state index in [1.807, 2.05) is 12.5 Å². The zero-order valence-corrected chi connectivity index (χ0v) is 15.7. The molecule has 0 radical (unpaired) electrons. The number of imidazole rings is 1. The Morgan fingerprint density at radius 2 is 2.23 bits per heavy atom. The number of ether oxygens (including phenoxy) is 1. The molecule has 0 aliphatic heterocycles. The van der Waals surface area contributed by atoms with Crippen LogP contribution in [0.15, 0.2) is 41.9 Å². The smallest absolute Gasteiger partial charge is 0.191 e. The van der Waals surface area contributed by atoms with E-state index in [1.165, 1.54) is 18.4 Å². The molecule has 0 unspecified atom stereocenters. The Bertz CT molecular complexity index is 707. The van der Waals surface area contributed by atoms with Crippen LogP contribution in [0.25, 0.3) is 0 Å². The van der Waals surface area contributed by atoms with Gasteiger partial charge in [0.2, 0.25) is 0 Å². The molecule has 26 heavy (non-hydrogen) atoms. The van der Waals surface area contributed by atoms with Crippen LogP contribution in [0.5, 0.6) is 5.75 Å². The van der Waals surface area contributed by atoms with Crippen molar-refractivity contribution in [1.82, 2.24) is 20.2 Å². The second-order valence-corrected chi connectivity index (χ2v) is 6.87. The number of rotatable bonds is 9. The summed E-state index contributed by atoms with van der Waals surface area (Å²) >= 11 is 0. The highest BCUT2D eigenvalue weighted by molar-refractivity contribution is 5.79. The lowest BCUT2D eigenvalue weighted by molar-refractivity contribution is 0.296. The van der Waals surface area contributed by atoms with Crippen LogP contribution in [-0.4, -0.2) is 35.7 Å². The molecule has 6 heteroatoms. The van der Waals surface area contributed by atoms with Crippen LogP contribution in [0, 0.1) is 12.8 Å². The summed E-state index contributed by atoms with van der Waals surface area (Å²) in [5.74, 6) is 2.55. The highest BCUT2D eigenvalue weighted by atomic mass is 16.5. The first-order chi connectivity index (χ1) is 12.7. The van der Waals surface area contributed by atoms with E-state index in [1.54, 1.807) is 13.2 Å². The molecule has 2 N–H and O–H groups in total. The maximum atomic E-state index is 6.04. The van der Waals surface area contributed by atoms with E-state index < -0.39 is 0 Å². The molecule has 140 valence electrons. The Hall–Kier alpha value is -2.50. The number of aromatic nitrogens is 2. The van der Waals surface area contributed by atoms with E-state index in [-0.39, 0.29) is 0 Å². The molecule has 1 fully saturated rings.